The van der Waals surface area contributed by atoms with Crippen molar-refractivity contribution in [3.05, 3.63) is 0 Å². The molecule has 1 heteroatoms. The molecule has 2 saturated carbocycles. The minimum absolute atomic E-state index is 0.530. The molecule has 1 nitrogen and oxygen atoms in total. The van der Waals surface area contributed by atoms with Gasteiger partial charge in [0.15, 0.2) is 0 Å². The van der Waals surface area contributed by atoms with Crippen LogP contribution in [0.15, 0.2) is 0 Å². The molecule has 76 valence electrons. The summed E-state index contributed by atoms with van der Waals surface area (Å²) in [4.78, 5) is 0. The van der Waals surface area contributed by atoms with Gasteiger partial charge in [-0.25, -0.2) is 0 Å². The van der Waals surface area contributed by atoms with Crippen molar-refractivity contribution in [2.45, 2.75) is 52.0 Å². The lowest BCUT2D eigenvalue weighted by atomic mass is 9.73. The Hall–Kier alpha value is -0.0400. The van der Waals surface area contributed by atoms with Crippen LogP contribution in [0, 0.1) is 23.7 Å². The topological polar surface area (TPSA) is 26.0 Å². The first kappa shape index (κ1) is 9.51. The quantitative estimate of drug-likeness (QED) is 0.661. The van der Waals surface area contributed by atoms with Crippen LogP contribution >= 0.6 is 0 Å². The van der Waals surface area contributed by atoms with Gasteiger partial charge in [-0.2, -0.15) is 0 Å². The molecule has 0 aromatic heterocycles. The van der Waals surface area contributed by atoms with Crippen molar-refractivity contribution in [3.63, 3.8) is 0 Å². The second-order valence-electron chi connectivity index (χ2n) is 5.41. The van der Waals surface area contributed by atoms with Crippen LogP contribution in [0.2, 0.25) is 0 Å². The second kappa shape index (κ2) is 3.61. The highest BCUT2D eigenvalue weighted by Crippen LogP contribution is 2.47. The SMILES string of the molecule is CC(C)C1CCC2C(N)CCCC12. The fourth-order valence-electron chi connectivity index (χ4n) is 3.72. The zero-order valence-corrected chi connectivity index (χ0v) is 9.00. The highest BCUT2D eigenvalue weighted by molar-refractivity contribution is 4.94. The van der Waals surface area contributed by atoms with Gasteiger partial charge in [-0.15, -0.1) is 0 Å². The molecule has 2 rings (SSSR count). The van der Waals surface area contributed by atoms with Crippen LogP contribution in [0.5, 0.6) is 0 Å². The van der Waals surface area contributed by atoms with Gasteiger partial charge >= 0.3 is 0 Å². The number of hydrogen-bond acceptors (Lipinski definition) is 1. The van der Waals surface area contributed by atoms with Crippen LogP contribution in [0.4, 0.5) is 0 Å². The van der Waals surface area contributed by atoms with Gasteiger partial charge in [0.1, 0.15) is 0 Å². The zero-order valence-electron chi connectivity index (χ0n) is 9.00. The summed E-state index contributed by atoms with van der Waals surface area (Å²) in [6, 6.07) is 0.530. The van der Waals surface area contributed by atoms with E-state index in [-0.39, 0.29) is 0 Å². The Labute approximate surface area is 82.1 Å². The Balaban J connectivity index is 2.06. The Kier molecular flexibility index (Phi) is 2.64. The van der Waals surface area contributed by atoms with E-state index in [0.29, 0.717) is 6.04 Å². The van der Waals surface area contributed by atoms with Crippen molar-refractivity contribution in [2.75, 3.05) is 0 Å². The van der Waals surface area contributed by atoms with E-state index in [4.69, 9.17) is 5.73 Å². The Morgan fingerprint density at radius 1 is 1.00 bits per heavy atom. The number of rotatable bonds is 1. The molecular formula is C12H23N. The van der Waals surface area contributed by atoms with E-state index in [9.17, 15) is 0 Å². The summed E-state index contributed by atoms with van der Waals surface area (Å²) in [6.07, 6.45) is 6.98. The first-order valence-corrected chi connectivity index (χ1v) is 5.95. The largest absolute Gasteiger partial charge is 0.327 e. The summed E-state index contributed by atoms with van der Waals surface area (Å²) >= 11 is 0. The van der Waals surface area contributed by atoms with E-state index in [0.717, 1.165) is 23.7 Å². The summed E-state index contributed by atoms with van der Waals surface area (Å²) in [7, 11) is 0. The van der Waals surface area contributed by atoms with Gasteiger partial charge in [-0.05, 0) is 49.4 Å². The molecule has 13 heavy (non-hydrogen) atoms. The Bertz CT molecular complexity index is 170. The van der Waals surface area contributed by atoms with Crippen LogP contribution in [-0.2, 0) is 0 Å². The van der Waals surface area contributed by atoms with Gasteiger partial charge in [0.2, 0.25) is 0 Å². The first-order valence-electron chi connectivity index (χ1n) is 5.95. The van der Waals surface area contributed by atoms with Crippen LogP contribution < -0.4 is 5.73 Å². The molecule has 0 aliphatic heterocycles. The summed E-state index contributed by atoms with van der Waals surface area (Å²) in [5, 5.41) is 0. The summed E-state index contributed by atoms with van der Waals surface area (Å²) < 4.78 is 0. The Morgan fingerprint density at radius 2 is 1.77 bits per heavy atom. The zero-order chi connectivity index (χ0) is 9.42. The van der Waals surface area contributed by atoms with E-state index in [1.54, 1.807) is 0 Å². The second-order valence-corrected chi connectivity index (χ2v) is 5.41. The first-order chi connectivity index (χ1) is 6.20. The molecule has 0 saturated heterocycles. The molecule has 2 fully saturated rings. The van der Waals surface area contributed by atoms with Crippen LogP contribution in [0.25, 0.3) is 0 Å². The molecule has 0 aromatic carbocycles. The van der Waals surface area contributed by atoms with Gasteiger partial charge in [0.25, 0.3) is 0 Å². The summed E-state index contributed by atoms with van der Waals surface area (Å²) in [5.41, 5.74) is 6.18. The van der Waals surface area contributed by atoms with Crippen LogP contribution in [0.1, 0.15) is 46.0 Å². The summed E-state index contributed by atoms with van der Waals surface area (Å²) in [5.74, 6) is 3.71. The lowest BCUT2D eigenvalue weighted by Gasteiger charge is -2.35. The van der Waals surface area contributed by atoms with Gasteiger partial charge in [0.05, 0.1) is 0 Å². The maximum absolute atomic E-state index is 6.18. The van der Waals surface area contributed by atoms with E-state index in [1.807, 2.05) is 0 Å². The molecule has 2 aliphatic carbocycles. The van der Waals surface area contributed by atoms with Crippen molar-refractivity contribution in [1.82, 2.24) is 0 Å². The lowest BCUT2D eigenvalue weighted by Crippen LogP contribution is -2.38. The molecule has 0 radical (unpaired) electrons. The average molecular weight is 181 g/mol. The fraction of sp³-hybridized carbons (Fsp3) is 1.00. The number of fused-ring (bicyclic) bond motifs is 1. The highest BCUT2D eigenvalue weighted by atomic mass is 14.7. The fourth-order valence-corrected chi connectivity index (χ4v) is 3.72. The Morgan fingerprint density at radius 3 is 2.46 bits per heavy atom. The maximum atomic E-state index is 6.18. The molecule has 0 heterocycles. The third kappa shape index (κ3) is 1.63. The van der Waals surface area contributed by atoms with E-state index < -0.39 is 0 Å². The molecule has 4 atom stereocenters. The molecule has 2 aliphatic rings. The van der Waals surface area contributed by atoms with Gasteiger partial charge in [0, 0.05) is 6.04 Å². The minimum Gasteiger partial charge on any atom is -0.327 e. The third-order valence-electron chi connectivity index (χ3n) is 4.41. The molecule has 4 unspecified atom stereocenters. The minimum atomic E-state index is 0.530. The lowest BCUT2D eigenvalue weighted by molar-refractivity contribution is 0.173. The van der Waals surface area contributed by atoms with Gasteiger partial charge < -0.3 is 5.73 Å². The van der Waals surface area contributed by atoms with Gasteiger partial charge in [-0.1, -0.05) is 20.3 Å². The maximum Gasteiger partial charge on any atom is 0.00699 e. The molecule has 0 aromatic rings. The standard InChI is InChI=1S/C12H23N/c1-8(2)9-6-7-11-10(9)4-3-5-12(11)13/h8-12H,3-7,13H2,1-2H3. The highest BCUT2D eigenvalue weighted by Gasteiger charge is 2.41. The molecule has 0 spiro atoms. The number of nitrogens with two attached hydrogens (primary N) is 1. The van der Waals surface area contributed by atoms with Crippen LogP contribution in [-0.4, -0.2) is 6.04 Å². The van der Waals surface area contributed by atoms with Crippen molar-refractivity contribution in [3.8, 4) is 0 Å². The molecular weight excluding hydrogens is 158 g/mol. The molecule has 2 N–H and O–H groups in total. The van der Waals surface area contributed by atoms with Crippen molar-refractivity contribution >= 4 is 0 Å². The number of hydrogen-bond donors (Lipinski definition) is 1. The van der Waals surface area contributed by atoms with Crippen molar-refractivity contribution in [1.29, 1.82) is 0 Å². The molecule has 0 bridgehead atoms. The van der Waals surface area contributed by atoms with Crippen LogP contribution in [0.3, 0.4) is 0 Å². The monoisotopic (exact) mass is 181 g/mol. The van der Waals surface area contributed by atoms with Crippen molar-refractivity contribution < 1.29 is 0 Å². The van der Waals surface area contributed by atoms with E-state index in [2.05, 4.69) is 13.8 Å². The molecule has 0 amide bonds. The van der Waals surface area contributed by atoms with E-state index in [1.165, 1.54) is 32.1 Å². The smallest absolute Gasteiger partial charge is 0.00699 e. The van der Waals surface area contributed by atoms with E-state index >= 15 is 0 Å². The van der Waals surface area contributed by atoms with Crippen molar-refractivity contribution in [2.24, 2.45) is 29.4 Å². The normalized spacial score (nSPS) is 45.2. The summed E-state index contributed by atoms with van der Waals surface area (Å²) in [6.45, 7) is 4.76. The predicted octanol–water partition coefficient (Wildman–Crippen LogP) is 2.80. The third-order valence-corrected chi connectivity index (χ3v) is 4.41. The average Bonchev–Trinajstić information content (AvgIpc) is 2.48. The van der Waals surface area contributed by atoms with Gasteiger partial charge in [-0.3, -0.25) is 0 Å². The predicted molar refractivity (Wildman–Crippen MR) is 56.4 cm³/mol.